The summed E-state index contributed by atoms with van der Waals surface area (Å²) in [6.45, 7) is 1.43. The highest BCUT2D eigenvalue weighted by Gasteiger charge is 2.06. The summed E-state index contributed by atoms with van der Waals surface area (Å²) in [5.41, 5.74) is 2.22. The molecule has 26 heavy (non-hydrogen) atoms. The minimum absolute atomic E-state index is 0.119. The van der Waals surface area contributed by atoms with Gasteiger partial charge in [-0.3, -0.25) is 4.99 Å². The Labute approximate surface area is 159 Å². The van der Waals surface area contributed by atoms with Crippen molar-refractivity contribution in [3.63, 3.8) is 0 Å². The molecule has 0 heterocycles. The predicted octanol–water partition coefficient (Wildman–Crippen LogP) is 1.94. The summed E-state index contributed by atoms with van der Waals surface area (Å²) in [6, 6.07) is 14.3. The third-order valence-electron chi connectivity index (χ3n) is 3.80. The standard InChI is InChI=1S/C18H23ClN4O2S/c1-21-18(22-12-10-14-2-6-16(19)7-3-14)23-13-11-15-4-8-17(9-5-15)26(20,24)25/h2-9H,10-13H2,1H3,(H2,20,24,25)(H2,21,22,23). The molecule has 140 valence electrons. The molecule has 0 amide bonds. The Hall–Kier alpha value is -2.09. The normalized spacial score (nSPS) is 12.0. The zero-order valence-electron chi connectivity index (χ0n) is 14.6. The van der Waals surface area contributed by atoms with E-state index in [0.717, 1.165) is 35.9 Å². The van der Waals surface area contributed by atoms with Crippen LogP contribution in [0.1, 0.15) is 11.1 Å². The van der Waals surface area contributed by atoms with Gasteiger partial charge in [0.2, 0.25) is 10.0 Å². The molecular weight excluding hydrogens is 372 g/mol. The van der Waals surface area contributed by atoms with Crippen molar-refractivity contribution in [2.45, 2.75) is 17.7 Å². The van der Waals surface area contributed by atoms with E-state index in [0.29, 0.717) is 6.54 Å². The third kappa shape index (κ3) is 6.67. The van der Waals surface area contributed by atoms with Crippen molar-refractivity contribution in [3.05, 3.63) is 64.7 Å². The molecule has 0 saturated carbocycles. The summed E-state index contributed by atoms with van der Waals surface area (Å²) in [5, 5.41) is 12.3. The smallest absolute Gasteiger partial charge is 0.238 e. The van der Waals surface area contributed by atoms with Gasteiger partial charge >= 0.3 is 0 Å². The maximum absolute atomic E-state index is 11.2. The number of nitrogens with zero attached hydrogens (tertiary/aromatic N) is 1. The van der Waals surface area contributed by atoms with Crippen molar-refractivity contribution in [3.8, 4) is 0 Å². The Morgan fingerprint density at radius 2 is 1.42 bits per heavy atom. The van der Waals surface area contributed by atoms with Crippen LogP contribution in [0.2, 0.25) is 5.02 Å². The average molecular weight is 395 g/mol. The van der Waals surface area contributed by atoms with Gasteiger partial charge in [-0.15, -0.1) is 0 Å². The lowest BCUT2D eigenvalue weighted by Gasteiger charge is -2.12. The molecular formula is C18H23ClN4O2S. The van der Waals surface area contributed by atoms with Gasteiger partial charge < -0.3 is 10.6 Å². The largest absolute Gasteiger partial charge is 0.356 e. The van der Waals surface area contributed by atoms with Crippen molar-refractivity contribution in [1.82, 2.24) is 10.6 Å². The topological polar surface area (TPSA) is 96.6 Å². The number of guanidine groups is 1. The van der Waals surface area contributed by atoms with Crippen LogP contribution in [0.5, 0.6) is 0 Å². The first kappa shape index (κ1) is 20.2. The number of nitrogens with two attached hydrogens (primary N) is 1. The number of aliphatic imine (C=N–C) groups is 1. The lowest BCUT2D eigenvalue weighted by Crippen LogP contribution is -2.39. The highest BCUT2D eigenvalue weighted by Crippen LogP contribution is 2.10. The van der Waals surface area contributed by atoms with Crippen molar-refractivity contribution >= 4 is 27.6 Å². The SMILES string of the molecule is CN=C(NCCc1ccc(Cl)cc1)NCCc1ccc(S(N)(=O)=O)cc1. The van der Waals surface area contributed by atoms with Crippen LogP contribution in [-0.2, 0) is 22.9 Å². The number of primary sulfonamides is 1. The lowest BCUT2D eigenvalue weighted by atomic mass is 10.1. The predicted molar refractivity (Wildman–Crippen MR) is 106 cm³/mol. The van der Waals surface area contributed by atoms with Crippen molar-refractivity contribution in [2.24, 2.45) is 10.1 Å². The fourth-order valence-corrected chi connectivity index (χ4v) is 3.01. The highest BCUT2D eigenvalue weighted by atomic mass is 35.5. The molecule has 0 spiro atoms. The van der Waals surface area contributed by atoms with E-state index in [9.17, 15) is 8.42 Å². The van der Waals surface area contributed by atoms with Crippen molar-refractivity contribution in [2.75, 3.05) is 20.1 Å². The summed E-state index contributed by atoms with van der Waals surface area (Å²) in [4.78, 5) is 4.31. The van der Waals surface area contributed by atoms with Crippen molar-refractivity contribution in [1.29, 1.82) is 0 Å². The molecule has 2 aromatic rings. The number of benzene rings is 2. The van der Waals surface area contributed by atoms with Gasteiger partial charge in [0.05, 0.1) is 4.90 Å². The first-order chi connectivity index (χ1) is 12.4. The number of halogens is 1. The summed E-state index contributed by atoms with van der Waals surface area (Å²) in [7, 11) is -1.92. The number of rotatable bonds is 7. The molecule has 6 nitrogen and oxygen atoms in total. The second kappa shape index (κ2) is 9.56. The van der Waals surface area contributed by atoms with Crippen LogP contribution < -0.4 is 15.8 Å². The first-order valence-electron chi connectivity index (χ1n) is 8.19. The summed E-state index contributed by atoms with van der Waals surface area (Å²) < 4.78 is 22.5. The molecule has 0 aliphatic rings. The van der Waals surface area contributed by atoms with Crippen LogP contribution in [0.25, 0.3) is 0 Å². The fourth-order valence-electron chi connectivity index (χ4n) is 2.37. The molecule has 2 aromatic carbocycles. The van der Waals surface area contributed by atoms with E-state index < -0.39 is 10.0 Å². The van der Waals surface area contributed by atoms with Gasteiger partial charge in [-0.1, -0.05) is 35.9 Å². The van der Waals surface area contributed by atoms with Gasteiger partial charge in [-0.25, -0.2) is 13.6 Å². The zero-order chi connectivity index (χ0) is 19.0. The van der Waals surface area contributed by atoms with E-state index in [-0.39, 0.29) is 4.90 Å². The summed E-state index contributed by atoms with van der Waals surface area (Å²) >= 11 is 5.88. The number of nitrogens with one attached hydrogen (secondary N) is 2. The van der Waals surface area contributed by atoms with E-state index in [1.165, 1.54) is 17.7 Å². The number of hydrogen-bond acceptors (Lipinski definition) is 3. The Bertz CT molecular complexity index is 834. The quantitative estimate of drug-likeness (QED) is 0.494. The third-order valence-corrected chi connectivity index (χ3v) is 4.98. The molecule has 0 radical (unpaired) electrons. The zero-order valence-corrected chi connectivity index (χ0v) is 16.1. The van der Waals surface area contributed by atoms with E-state index in [2.05, 4.69) is 15.6 Å². The molecule has 0 atom stereocenters. The summed E-state index contributed by atoms with van der Waals surface area (Å²) in [6.07, 6.45) is 1.61. The fraction of sp³-hybridized carbons (Fsp3) is 0.278. The monoisotopic (exact) mass is 394 g/mol. The molecule has 0 bridgehead atoms. The molecule has 4 N–H and O–H groups in total. The van der Waals surface area contributed by atoms with E-state index in [1.807, 2.05) is 24.3 Å². The van der Waals surface area contributed by atoms with Crippen LogP contribution in [-0.4, -0.2) is 34.5 Å². The van der Waals surface area contributed by atoms with Gasteiger partial charge in [0, 0.05) is 25.2 Å². The molecule has 0 fully saturated rings. The Morgan fingerprint density at radius 1 is 0.962 bits per heavy atom. The summed E-state index contributed by atoms with van der Waals surface area (Å²) in [5.74, 6) is 0.722. The molecule has 0 unspecified atom stereocenters. The van der Waals surface area contributed by atoms with Crippen LogP contribution in [0.3, 0.4) is 0 Å². The molecule has 0 aromatic heterocycles. The van der Waals surface area contributed by atoms with Gasteiger partial charge in [-0.05, 0) is 48.2 Å². The molecule has 2 rings (SSSR count). The minimum atomic E-state index is -3.65. The van der Waals surface area contributed by atoms with Crippen LogP contribution in [0, 0.1) is 0 Å². The van der Waals surface area contributed by atoms with Gasteiger partial charge in [0.25, 0.3) is 0 Å². The van der Waals surface area contributed by atoms with Crippen LogP contribution in [0.15, 0.2) is 58.4 Å². The van der Waals surface area contributed by atoms with Gasteiger partial charge in [0.1, 0.15) is 0 Å². The van der Waals surface area contributed by atoms with Gasteiger partial charge in [-0.2, -0.15) is 0 Å². The maximum Gasteiger partial charge on any atom is 0.238 e. The first-order valence-corrected chi connectivity index (χ1v) is 10.1. The molecule has 8 heteroatoms. The highest BCUT2D eigenvalue weighted by molar-refractivity contribution is 7.89. The van der Waals surface area contributed by atoms with E-state index >= 15 is 0 Å². The Kier molecular flexibility index (Phi) is 7.44. The lowest BCUT2D eigenvalue weighted by molar-refractivity contribution is 0.598. The van der Waals surface area contributed by atoms with E-state index in [4.69, 9.17) is 16.7 Å². The minimum Gasteiger partial charge on any atom is -0.356 e. The molecule has 0 aliphatic carbocycles. The second-order valence-electron chi connectivity index (χ2n) is 5.74. The van der Waals surface area contributed by atoms with Crippen LogP contribution >= 0.6 is 11.6 Å². The van der Waals surface area contributed by atoms with Crippen molar-refractivity contribution < 1.29 is 8.42 Å². The van der Waals surface area contributed by atoms with Gasteiger partial charge in [0.15, 0.2) is 5.96 Å². The Morgan fingerprint density at radius 3 is 1.85 bits per heavy atom. The van der Waals surface area contributed by atoms with E-state index in [1.54, 1.807) is 19.2 Å². The van der Waals surface area contributed by atoms with Crippen LogP contribution in [0.4, 0.5) is 0 Å². The average Bonchev–Trinajstić information content (AvgIpc) is 2.61. The maximum atomic E-state index is 11.2. The molecule has 0 aliphatic heterocycles. The number of hydrogen-bond donors (Lipinski definition) is 3. The molecule has 0 saturated heterocycles. The number of sulfonamides is 1. The second-order valence-corrected chi connectivity index (χ2v) is 7.74. The Balaban J connectivity index is 1.74.